The number of rotatable bonds is 5. The number of halogens is 3. The minimum atomic E-state index is -4.36. The topological polar surface area (TPSA) is 56.6 Å². The SMILES string of the molecule is CSNc1ccn(C(=O)N2CCN(Cc3ccc(C(F)(F)F)cc3N3CCCC3C)CC2)n1. The molecule has 1 atom stereocenters. The lowest BCUT2D eigenvalue weighted by atomic mass is 10.1. The number of alkyl halides is 3. The fourth-order valence-corrected chi connectivity index (χ4v) is 4.82. The Morgan fingerprint density at radius 2 is 1.94 bits per heavy atom. The molecule has 4 rings (SSSR count). The fourth-order valence-electron chi connectivity index (χ4n) is 4.50. The summed E-state index contributed by atoms with van der Waals surface area (Å²) < 4.78 is 44.4. The first-order valence-electron chi connectivity index (χ1n) is 11.1. The van der Waals surface area contributed by atoms with Crippen molar-refractivity contribution in [3.05, 3.63) is 41.6 Å². The van der Waals surface area contributed by atoms with Gasteiger partial charge in [0.1, 0.15) is 0 Å². The van der Waals surface area contributed by atoms with Crippen LogP contribution < -0.4 is 9.62 Å². The third-order valence-corrected chi connectivity index (χ3v) is 6.72. The summed E-state index contributed by atoms with van der Waals surface area (Å²) in [4.78, 5) is 18.8. The van der Waals surface area contributed by atoms with Crippen LogP contribution >= 0.6 is 11.9 Å². The molecular weight excluding hydrogens is 453 g/mol. The van der Waals surface area contributed by atoms with Crippen molar-refractivity contribution < 1.29 is 18.0 Å². The monoisotopic (exact) mass is 482 g/mol. The molecule has 1 unspecified atom stereocenters. The van der Waals surface area contributed by atoms with E-state index >= 15 is 0 Å². The van der Waals surface area contributed by atoms with Crippen LogP contribution in [0.25, 0.3) is 0 Å². The van der Waals surface area contributed by atoms with Crippen LogP contribution in [-0.2, 0) is 12.7 Å². The van der Waals surface area contributed by atoms with Gasteiger partial charge in [0.2, 0.25) is 0 Å². The van der Waals surface area contributed by atoms with Crippen LogP contribution in [0.15, 0.2) is 30.5 Å². The quantitative estimate of drug-likeness (QED) is 0.639. The Bertz CT molecular complexity index is 973. The van der Waals surface area contributed by atoms with Crippen LogP contribution in [0.2, 0.25) is 0 Å². The highest BCUT2D eigenvalue weighted by Crippen LogP contribution is 2.36. The molecule has 0 saturated carbocycles. The summed E-state index contributed by atoms with van der Waals surface area (Å²) in [5.41, 5.74) is 0.973. The summed E-state index contributed by atoms with van der Waals surface area (Å²) in [5, 5.41) is 4.24. The average Bonchev–Trinajstić information content (AvgIpc) is 3.43. The Labute approximate surface area is 196 Å². The van der Waals surface area contributed by atoms with Gasteiger partial charge in [0.15, 0.2) is 5.82 Å². The predicted octanol–water partition coefficient (Wildman–Crippen LogP) is 4.37. The Morgan fingerprint density at radius 3 is 2.58 bits per heavy atom. The predicted molar refractivity (Wildman–Crippen MR) is 124 cm³/mol. The molecule has 33 heavy (non-hydrogen) atoms. The molecule has 7 nitrogen and oxygen atoms in total. The van der Waals surface area contributed by atoms with Crippen LogP contribution in [0, 0.1) is 0 Å². The molecular formula is C22H29F3N6OS. The van der Waals surface area contributed by atoms with E-state index in [-0.39, 0.29) is 12.1 Å². The molecule has 0 bridgehead atoms. The molecule has 0 aliphatic carbocycles. The summed E-state index contributed by atoms with van der Waals surface area (Å²) in [5.74, 6) is 0.625. The second-order valence-corrected chi connectivity index (χ2v) is 9.14. The fraction of sp³-hybridized carbons (Fsp3) is 0.545. The van der Waals surface area contributed by atoms with Crippen molar-refractivity contribution in [1.29, 1.82) is 0 Å². The van der Waals surface area contributed by atoms with Crippen LogP contribution in [0.1, 0.15) is 30.9 Å². The van der Waals surface area contributed by atoms with Gasteiger partial charge in [-0.3, -0.25) is 4.90 Å². The molecule has 11 heteroatoms. The Hall–Kier alpha value is -2.40. The normalized spacial score (nSPS) is 19.8. The third-order valence-electron chi connectivity index (χ3n) is 6.30. The van der Waals surface area contributed by atoms with Gasteiger partial charge in [-0.15, -0.1) is 5.10 Å². The average molecular weight is 483 g/mol. The number of benzene rings is 1. The second kappa shape index (κ2) is 9.84. The maximum absolute atomic E-state index is 13.4. The number of piperazine rings is 1. The highest BCUT2D eigenvalue weighted by Gasteiger charge is 2.33. The van der Waals surface area contributed by atoms with Gasteiger partial charge in [-0.25, -0.2) is 4.79 Å². The van der Waals surface area contributed by atoms with Crippen molar-refractivity contribution in [3.63, 3.8) is 0 Å². The zero-order valence-corrected chi connectivity index (χ0v) is 19.6. The molecule has 2 fully saturated rings. The molecule has 2 aliphatic heterocycles. The Morgan fingerprint density at radius 1 is 1.18 bits per heavy atom. The van der Waals surface area contributed by atoms with E-state index in [0.717, 1.165) is 24.9 Å². The molecule has 1 aromatic heterocycles. The maximum atomic E-state index is 13.4. The number of carbonyl (C=O) groups excluding carboxylic acids is 1. The van der Waals surface area contributed by atoms with Gasteiger partial charge >= 0.3 is 12.2 Å². The summed E-state index contributed by atoms with van der Waals surface area (Å²) in [6.45, 7) is 5.78. The molecule has 0 radical (unpaired) electrons. The lowest BCUT2D eigenvalue weighted by Crippen LogP contribution is -2.49. The highest BCUT2D eigenvalue weighted by molar-refractivity contribution is 7.99. The van der Waals surface area contributed by atoms with Gasteiger partial charge in [0.05, 0.1) is 5.56 Å². The highest BCUT2D eigenvalue weighted by atomic mass is 32.2. The number of nitrogens with one attached hydrogen (secondary N) is 1. The standard InChI is InChI=1S/C22H29F3N6OS/c1-16-4-3-8-30(16)19-14-18(22(23,24)25)6-5-17(19)15-28-10-12-29(13-11-28)21(32)31-9-7-20(26-31)27-33-2/h5-7,9,14,16H,3-4,8,10-13,15H2,1-2H3,(H,26,27). The largest absolute Gasteiger partial charge is 0.416 e. The van der Waals surface area contributed by atoms with E-state index in [1.165, 1.54) is 28.8 Å². The van der Waals surface area contributed by atoms with Crippen molar-refractivity contribution in [2.24, 2.45) is 0 Å². The molecule has 0 spiro atoms. The smallest absolute Gasteiger partial charge is 0.369 e. The van der Waals surface area contributed by atoms with E-state index in [1.807, 2.05) is 6.26 Å². The van der Waals surface area contributed by atoms with Crippen LogP contribution in [0.5, 0.6) is 0 Å². The van der Waals surface area contributed by atoms with E-state index < -0.39 is 11.7 Å². The lowest BCUT2D eigenvalue weighted by Gasteiger charge is -2.35. The van der Waals surface area contributed by atoms with Crippen molar-refractivity contribution in [3.8, 4) is 0 Å². The molecule has 3 heterocycles. The Balaban J connectivity index is 1.43. The Kier molecular flexibility index (Phi) is 7.08. The number of amides is 1. The number of nitrogens with zero attached hydrogens (tertiary/aromatic N) is 5. The van der Waals surface area contributed by atoms with Gasteiger partial charge < -0.3 is 14.5 Å². The van der Waals surface area contributed by atoms with Crippen molar-refractivity contribution >= 4 is 29.5 Å². The minimum Gasteiger partial charge on any atom is -0.369 e. The lowest BCUT2D eigenvalue weighted by molar-refractivity contribution is -0.137. The molecule has 1 aromatic carbocycles. The molecule has 2 saturated heterocycles. The van der Waals surface area contributed by atoms with Gasteiger partial charge in [0, 0.05) is 69.5 Å². The maximum Gasteiger partial charge on any atom is 0.416 e. The minimum absolute atomic E-state index is 0.176. The van der Waals surface area contributed by atoms with Gasteiger partial charge in [-0.1, -0.05) is 18.0 Å². The number of aromatic nitrogens is 2. The van der Waals surface area contributed by atoms with E-state index in [2.05, 4.69) is 26.5 Å². The molecule has 2 aliphatic rings. The van der Waals surface area contributed by atoms with E-state index in [4.69, 9.17) is 0 Å². The zero-order chi connectivity index (χ0) is 23.6. The summed E-state index contributed by atoms with van der Waals surface area (Å²) in [6.07, 6.45) is 1.13. The first-order chi connectivity index (χ1) is 15.8. The molecule has 2 aromatic rings. The van der Waals surface area contributed by atoms with Gasteiger partial charge in [-0.05, 0) is 37.5 Å². The van der Waals surface area contributed by atoms with Crippen LogP contribution in [0.4, 0.5) is 29.5 Å². The third kappa shape index (κ3) is 5.40. The zero-order valence-electron chi connectivity index (χ0n) is 18.8. The van der Waals surface area contributed by atoms with E-state index in [1.54, 1.807) is 23.2 Å². The second-order valence-electron chi connectivity index (χ2n) is 8.52. The van der Waals surface area contributed by atoms with Crippen molar-refractivity contribution in [2.45, 2.75) is 38.5 Å². The molecule has 180 valence electrons. The van der Waals surface area contributed by atoms with E-state index in [0.29, 0.717) is 44.2 Å². The molecule has 1 amide bonds. The first kappa shape index (κ1) is 23.7. The van der Waals surface area contributed by atoms with Crippen molar-refractivity contribution in [1.82, 2.24) is 19.6 Å². The summed E-state index contributed by atoms with van der Waals surface area (Å²) >= 11 is 1.41. The molecule has 1 N–H and O–H groups in total. The number of carbonyl (C=O) groups is 1. The van der Waals surface area contributed by atoms with Crippen LogP contribution in [-0.4, -0.2) is 70.6 Å². The summed E-state index contributed by atoms with van der Waals surface area (Å²) in [6, 6.07) is 5.89. The first-order valence-corrected chi connectivity index (χ1v) is 12.3. The van der Waals surface area contributed by atoms with Crippen LogP contribution in [0.3, 0.4) is 0 Å². The number of hydrogen-bond donors (Lipinski definition) is 1. The summed E-state index contributed by atoms with van der Waals surface area (Å²) in [7, 11) is 0. The van der Waals surface area contributed by atoms with Gasteiger partial charge in [0.25, 0.3) is 0 Å². The number of anilines is 2. The van der Waals surface area contributed by atoms with Crippen molar-refractivity contribution in [2.75, 3.05) is 48.6 Å². The van der Waals surface area contributed by atoms with E-state index in [9.17, 15) is 18.0 Å². The number of hydrogen-bond acceptors (Lipinski definition) is 6. The van der Waals surface area contributed by atoms with Gasteiger partial charge in [-0.2, -0.15) is 17.9 Å².